The molecule has 7 nitrogen and oxygen atoms in total. The highest BCUT2D eigenvalue weighted by Crippen LogP contribution is 1.97. The van der Waals surface area contributed by atoms with Crippen LogP contribution in [0.25, 0.3) is 0 Å². The van der Waals surface area contributed by atoms with Gasteiger partial charge in [0.1, 0.15) is 13.2 Å². The van der Waals surface area contributed by atoms with E-state index < -0.39 is 24.0 Å². The van der Waals surface area contributed by atoms with Crippen LogP contribution in [-0.2, 0) is 35.2 Å². The number of benzene rings is 1. The minimum atomic E-state index is -0.754. The lowest BCUT2D eigenvalue weighted by atomic mass is 10.2. The van der Waals surface area contributed by atoms with Gasteiger partial charge in [0.15, 0.2) is 6.10 Å². The summed E-state index contributed by atoms with van der Waals surface area (Å²) in [5.74, 6) is -1.51. The van der Waals surface area contributed by atoms with Crippen LogP contribution in [0, 0.1) is 0 Å². The van der Waals surface area contributed by atoms with Crippen molar-refractivity contribution in [3.8, 4) is 0 Å². The van der Waals surface area contributed by atoms with Crippen molar-refractivity contribution in [2.45, 2.75) is 33.5 Å². The van der Waals surface area contributed by atoms with Crippen molar-refractivity contribution in [2.24, 2.45) is 0 Å². The second-order valence-electron chi connectivity index (χ2n) is 4.48. The maximum atomic E-state index is 10.6. The van der Waals surface area contributed by atoms with Crippen LogP contribution in [0.5, 0.6) is 0 Å². The first-order valence-electron chi connectivity index (χ1n) is 6.93. The molecule has 0 aliphatic heterocycles. The molecule has 1 rings (SSSR count). The topological polar surface area (TPSA) is 99.1 Å². The molecule has 0 aliphatic rings. The summed E-state index contributed by atoms with van der Waals surface area (Å²) in [5, 5.41) is 8.54. The van der Waals surface area contributed by atoms with Crippen LogP contribution in [0.2, 0.25) is 0 Å². The van der Waals surface area contributed by atoms with Crippen LogP contribution in [0.1, 0.15) is 26.3 Å². The average molecular weight is 326 g/mol. The van der Waals surface area contributed by atoms with E-state index in [1.165, 1.54) is 20.8 Å². The van der Waals surface area contributed by atoms with E-state index in [4.69, 9.17) is 9.84 Å². The Hall–Kier alpha value is -2.41. The van der Waals surface area contributed by atoms with Gasteiger partial charge in [-0.05, 0) is 5.56 Å². The van der Waals surface area contributed by atoms with Crippen LogP contribution in [0.15, 0.2) is 30.3 Å². The molecule has 0 saturated heterocycles. The Balaban J connectivity index is 0.000000502. The van der Waals surface area contributed by atoms with Gasteiger partial charge in [-0.2, -0.15) is 0 Å². The predicted octanol–water partition coefficient (Wildman–Crippen LogP) is 1.22. The molecule has 0 bridgehead atoms. The van der Waals surface area contributed by atoms with Gasteiger partial charge in [-0.1, -0.05) is 30.3 Å². The summed E-state index contributed by atoms with van der Waals surface area (Å²) < 4.78 is 14.0. The molecule has 0 spiro atoms. The number of carbonyl (C=O) groups is 3. The van der Waals surface area contributed by atoms with Crippen molar-refractivity contribution in [1.82, 2.24) is 0 Å². The highest BCUT2D eigenvalue weighted by atomic mass is 16.6. The van der Waals surface area contributed by atoms with Crippen LogP contribution in [0.3, 0.4) is 0 Å². The lowest BCUT2D eigenvalue weighted by Crippen LogP contribution is -2.29. The Bertz CT molecular complexity index is 466. The number of aliphatic hydroxyl groups is 1. The molecule has 0 aromatic heterocycles. The maximum absolute atomic E-state index is 10.6. The zero-order valence-electron chi connectivity index (χ0n) is 13.5. The molecule has 0 atom stereocenters. The second kappa shape index (κ2) is 12.2. The van der Waals surface area contributed by atoms with Crippen molar-refractivity contribution in [1.29, 1.82) is 0 Å². The number of hydrogen-bond acceptors (Lipinski definition) is 7. The van der Waals surface area contributed by atoms with E-state index in [-0.39, 0.29) is 19.8 Å². The number of aliphatic hydroxyl groups excluding tert-OH is 1. The highest BCUT2D eigenvalue weighted by molar-refractivity contribution is 5.67. The van der Waals surface area contributed by atoms with Gasteiger partial charge in [0.25, 0.3) is 0 Å². The van der Waals surface area contributed by atoms with Gasteiger partial charge in [0, 0.05) is 20.8 Å². The van der Waals surface area contributed by atoms with Gasteiger partial charge in [-0.25, -0.2) is 0 Å². The summed E-state index contributed by atoms with van der Waals surface area (Å²) in [6.07, 6.45) is -0.754. The molecule has 7 heteroatoms. The molecule has 0 radical (unpaired) electrons. The molecule has 0 unspecified atom stereocenters. The lowest BCUT2D eigenvalue weighted by molar-refractivity contribution is -0.163. The second-order valence-corrected chi connectivity index (χ2v) is 4.48. The average Bonchev–Trinajstić information content (AvgIpc) is 2.50. The lowest BCUT2D eigenvalue weighted by Gasteiger charge is -2.15. The van der Waals surface area contributed by atoms with E-state index in [1.807, 2.05) is 30.3 Å². The van der Waals surface area contributed by atoms with Gasteiger partial charge in [0.05, 0.1) is 6.61 Å². The molecular weight excluding hydrogens is 304 g/mol. The number of rotatable bonds is 6. The monoisotopic (exact) mass is 326 g/mol. The predicted molar refractivity (Wildman–Crippen MR) is 81.2 cm³/mol. The van der Waals surface area contributed by atoms with E-state index >= 15 is 0 Å². The molecule has 0 amide bonds. The summed E-state index contributed by atoms with van der Waals surface area (Å²) >= 11 is 0. The number of carbonyl (C=O) groups excluding carboxylic acids is 3. The zero-order chi connectivity index (χ0) is 17.7. The summed E-state index contributed by atoms with van der Waals surface area (Å²) in [7, 11) is 0. The Labute approximate surface area is 135 Å². The summed E-state index contributed by atoms with van der Waals surface area (Å²) in [6.45, 7) is 3.58. The van der Waals surface area contributed by atoms with Gasteiger partial charge < -0.3 is 19.3 Å². The van der Waals surface area contributed by atoms with Crippen molar-refractivity contribution < 1.29 is 33.7 Å². The minimum Gasteiger partial charge on any atom is -0.462 e. The molecule has 128 valence electrons. The Morgan fingerprint density at radius 2 is 1.39 bits per heavy atom. The fourth-order valence-electron chi connectivity index (χ4n) is 1.35. The van der Waals surface area contributed by atoms with Gasteiger partial charge in [0.2, 0.25) is 0 Å². The quantitative estimate of drug-likeness (QED) is 0.620. The Morgan fingerprint density at radius 1 is 0.913 bits per heavy atom. The van der Waals surface area contributed by atoms with Crippen LogP contribution in [-0.4, -0.2) is 42.3 Å². The highest BCUT2D eigenvalue weighted by Gasteiger charge is 2.15. The van der Waals surface area contributed by atoms with Crippen molar-refractivity contribution >= 4 is 17.9 Å². The standard InChI is InChI=1S/C9H14O6.C7H8O/c1-6(10)13-4-9(15-8(3)12)5-14-7(2)11;8-6-7-4-2-1-3-5-7/h9H,4-5H2,1-3H3;1-5,8H,6H2. The van der Waals surface area contributed by atoms with Crippen molar-refractivity contribution in [3.63, 3.8) is 0 Å². The fraction of sp³-hybridized carbons (Fsp3) is 0.438. The minimum absolute atomic E-state index is 0.123. The summed E-state index contributed by atoms with van der Waals surface area (Å²) in [4.78, 5) is 31.6. The molecule has 1 aromatic rings. The van der Waals surface area contributed by atoms with Crippen molar-refractivity contribution in [2.75, 3.05) is 13.2 Å². The zero-order valence-corrected chi connectivity index (χ0v) is 13.5. The van der Waals surface area contributed by atoms with E-state index in [2.05, 4.69) is 9.47 Å². The van der Waals surface area contributed by atoms with E-state index in [0.29, 0.717) is 0 Å². The van der Waals surface area contributed by atoms with Gasteiger partial charge in [-0.15, -0.1) is 0 Å². The number of ether oxygens (including phenoxy) is 3. The SMILES string of the molecule is CC(=O)OCC(COC(C)=O)OC(C)=O.OCc1ccccc1. The van der Waals surface area contributed by atoms with Crippen LogP contribution in [0.4, 0.5) is 0 Å². The first kappa shape index (κ1) is 20.6. The number of esters is 3. The number of hydrogen-bond donors (Lipinski definition) is 1. The van der Waals surface area contributed by atoms with Crippen LogP contribution < -0.4 is 0 Å². The smallest absolute Gasteiger partial charge is 0.303 e. The molecule has 1 aromatic carbocycles. The third-order valence-corrected chi connectivity index (χ3v) is 2.30. The first-order valence-corrected chi connectivity index (χ1v) is 6.93. The third kappa shape index (κ3) is 13.0. The molecule has 0 heterocycles. The molecule has 0 saturated carbocycles. The first-order chi connectivity index (χ1) is 10.8. The third-order valence-electron chi connectivity index (χ3n) is 2.30. The fourth-order valence-corrected chi connectivity index (χ4v) is 1.35. The summed E-state index contributed by atoms with van der Waals surface area (Å²) in [5.41, 5.74) is 0.965. The molecule has 1 N–H and O–H groups in total. The normalized spacial score (nSPS) is 9.43. The van der Waals surface area contributed by atoms with E-state index in [1.54, 1.807) is 0 Å². The van der Waals surface area contributed by atoms with E-state index in [0.717, 1.165) is 5.56 Å². The Morgan fingerprint density at radius 3 is 1.70 bits per heavy atom. The molecular formula is C16H22O7. The van der Waals surface area contributed by atoms with Crippen LogP contribution >= 0.6 is 0 Å². The largest absolute Gasteiger partial charge is 0.462 e. The van der Waals surface area contributed by atoms with Crippen molar-refractivity contribution in [3.05, 3.63) is 35.9 Å². The van der Waals surface area contributed by atoms with Gasteiger partial charge in [-0.3, -0.25) is 14.4 Å². The maximum Gasteiger partial charge on any atom is 0.303 e. The Kier molecular flexibility index (Phi) is 10.9. The summed E-state index contributed by atoms with van der Waals surface area (Å²) in [6, 6.07) is 9.52. The molecule has 0 fully saturated rings. The molecule has 0 aliphatic carbocycles. The van der Waals surface area contributed by atoms with Gasteiger partial charge >= 0.3 is 17.9 Å². The molecule has 23 heavy (non-hydrogen) atoms. The van der Waals surface area contributed by atoms with E-state index in [9.17, 15) is 14.4 Å².